The van der Waals surface area contributed by atoms with Crippen LogP contribution in [0.4, 0.5) is 9.93 Å². The van der Waals surface area contributed by atoms with E-state index < -0.39 is 12.1 Å². The van der Waals surface area contributed by atoms with Gasteiger partial charge in [0, 0.05) is 38.9 Å². The fourth-order valence-corrected chi connectivity index (χ4v) is 4.76. The third-order valence-corrected chi connectivity index (χ3v) is 6.82. The SMILES string of the molecule is O=C(N[C@H](Cc1c[nH]c2ccccc12)C(=O)Nc1nc(-c2ccc(Br)cc2)cs1)Oc1ccccc1. The molecule has 9 heteroatoms. The minimum absolute atomic E-state index is 0.269. The Morgan fingerprint density at radius 2 is 1.75 bits per heavy atom. The zero-order chi connectivity index (χ0) is 24.9. The smallest absolute Gasteiger partial charge is 0.410 e. The summed E-state index contributed by atoms with van der Waals surface area (Å²) in [7, 11) is 0. The van der Waals surface area contributed by atoms with Crippen molar-refractivity contribution in [3.05, 3.63) is 100 Å². The summed E-state index contributed by atoms with van der Waals surface area (Å²) >= 11 is 4.75. The second-order valence-electron chi connectivity index (χ2n) is 8.00. The summed E-state index contributed by atoms with van der Waals surface area (Å²) in [6.45, 7) is 0. The first kappa shape index (κ1) is 23.8. The largest absolute Gasteiger partial charge is 0.413 e. The van der Waals surface area contributed by atoms with Crippen LogP contribution >= 0.6 is 27.3 Å². The second-order valence-corrected chi connectivity index (χ2v) is 9.77. The van der Waals surface area contributed by atoms with Gasteiger partial charge in [0.1, 0.15) is 11.8 Å². The number of aromatic nitrogens is 2. The van der Waals surface area contributed by atoms with E-state index >= 15 is 0 Å². The number of fused-ring (bicyclic) bond motifs is 1. The van der Waals surface area contributed by atoms with Crippen molar-refractivity contribution in [3.8, 4) is 17.0 Å². The topological polar surface area (TPSA) is 96.1 Å². The van der Waals surface area contributed by atoms with Crippen LogP contribution in [0.1, 0.15) is 5.56 Å². The highest BCUT2D eigenvalue weighted by Crippen LogP contribution is 2.26. The monoisotopic (exact) mass is 560 g/mol. The van der Waals surface area contributed by atoms with Gasteiger partial charge >= 0.3 is 6.09 Å². The summed E-state index contributed by atoms with van der Waals surface area (Å²) in [6, 6.07) is 23.4. The van der Waals surface area contributed by atoms with Crippen LogP contribution in [0.15, 0.2) is 94.9 Å². The summed E-state index contributed by atoms with van der Waals surface area (Å²) in [5.74, 6) is 0.00214. The standard InChI is InChI=1S/C27H21BrN4O3S/c28-19-12-10-17(11-13-19)24-16-36-26(30-24)32-25(33)23(31-27(34)35-20-6-2-1-3-7-20)14-18-15-29-22-9-5-4-8-21(18)22/h1-13,15-16,23,29H,14H2,(H,31,34)(H,30,32,33)/t23-/m1/s1. The highest BCUT2D eigenvalue weighted by atomic mass is 79.9. The normalized spacial score (nSPS) is 11.7. The van der Waals surface area contributed by atoms with E-state index in [1.165, 1.54) is 11.3 Å². The van der Waals surface area contributed by atoms with Gasteiger partial charge in [0.25, 0.3) is 0 Å². The Bertz CT molecular complexity index is 1500. The lowest BCUT2D eigenvalue weighted by molar-refractivity contribution is -0.118. The van der Waals surface area contributed by atoms with Crippen LogP contribution in [0.3, 0.4) is 0 Å². The van der Waals surface area contributed by atoms with Gasteiger partial charge in [-0.25, -0.2) is 9.78 Å². The Kier molecular flexibility index (Phi) is 7.11. The first-order chi connectivity index (χ1) is 17.5. The minimum atomic E-state index is -0.888. The zero-order valence-corrected chi connectivity index (χ0v) is 21.3. The molecule has 5 rings (SSSR count). The Morgan fingerprint density at radius 3 is 2.56 bits per heavy atom. The zero-order valence-electron chi connectivity index (χ0n) is 18.9. The lowest BCUT2D eigenvalue weighted by Gasteiger charge is -2.17. The van der Waals surface area contributed by atoms with Crippen LogP contribution in [0, 0.1) is 0 Å². The number of rotatable bonds is 7. The van der Waals surface area contributed by atoms with Crippen molar-refractivity contribution in [1.82, 2.24) is 15.3 Å². The van der Waals surface area contributed by atoms with Gasteiger partial charge in [-0.2, -0.15) is 0 Å². The molecule has 2 heterocycles. The van der Waals surface area contributed by atoms with Gasteiger partial charge in [0.15, 0.2) is 5.13 Å². The molecule has 5 aromatic rings. The van der Waals surface area contributed by atoms with Gasteiger partial charge < -0.3 is 20.4 Å². The first-order valence-electron chi connectivity index (χ1n) is 11.2. The Morgan fingerprint density at radius 1 is 1.00 bits per heavy atom. The molecule has 180 valence electrons. The number of halogens is 1. The number of para-hydroxylation sites is 2. The third kappa shape index (κ3) is 5.64. The molecule has 3 N–H and O–H groups in total. The quantitative estimate of drug-likeness (QED) is 0.215. The van der Waals surface area contributed by atoms with E-state index in [0.29, 0.717) is 10.9 Å². The number of benzene rings is 3. The van der Waals surface area contributed by atoms with E-state index in [9.17, 15) is 9.59 Å². The highest BCUT2D eigenvalue weighted by Gasteiger charge is 2.24. The fraction of sp³-hybridized carbons (Fsp3) is 0.0741. The number of H-pyrrole nitrogens is 1. The Labute approximate surface area is 219 Å². The van der Waals surface area contributed by atoms with Crippen molar-refractivity contribution in [1.29, 1.82) is 0 Å². The van der Waals surface area contributed by atoms with Crippen LogP contribution in [0.2, 0.25) is 0 Å². The van der Waals surface area contributed by atoms with E-state index in [1.54, 1.807) is 24.3 Å². The van der Waals surface area contributed by atoms with Gasteiger partial charge in [0.2, 0.25) is 5.91 Å². The molecule has 7 nitrogen and oxygen atoms in total. The molecule has 36 heavy (non-hydrogen) atoms. The molecule has 0 unspecified atom stereocenters. The van der Waals surface area contributed by atoms with Crippen molar-refractivity contribution in [3.63, 3.8) is 0 Å². The predicted molar refractivity (Wildman–Crippen MR) is 145 cm³/mol. The average molecular weight is 561 g/mol. The van der Waals surface area contributed by atoms with E-state index in [-0.39, 0.29) is 12.3 Å². The molecule has 0 aliphatic rings. The number of nitrogens with zero attached hydrogens (tertiary/aromatic N) is 1. The highest BCUT2D eigenvalue weighted by molar-refractivity contribution is 9.10. The Hall–Kier alpha value is -3.95. The molecule has 0 aliphatic carbocycles. The van der Waals surface area contributed by atoms with Gasteiger partial charge in [-0.05, 0) is 35.9 Å². The van der Waals surface area contributed by atoms with Crippen LogP contribution in [0.5, 0.6) is 5.75 Å². The number of anilines is 1. The van der Waals surface area contributed by atoms with Gasteiger partial charge in [-0.1, -0.05) is 64.5 Å². The molecule has 2 amide bonds. The Balaban J connectivity index is 1.34. The number of carbonyl (C=O) groups is 2. The summed E-state index contributed by atoms with van der Waals surface area (Å²) in [4.78, 5) is 33.7. The number of aromatic amines is 1. The summed E-state index contributed by atoms with van der Waals surface area (Å²) < 4.78 is 6.34. The molecule has 0 bridgehead atoms. The molecular weight excluding hydrogens is 540 g/mol. The third-order valence-electron chi connectivity index (χ3n) is 5.54. The molecule has 0 radical (unpaired) electrons. The van der Waals surface area contributed by atoms with Gasteiger partial charge in [0.05, 0.1) is 5.69 Å². The number of carbonyl (C=O) groups excluding carboxylic acids is 2. The molecule has 0 saturated heterocycles. The molecule has 0 fully saturated rings. The van der Waals surface area contributed by atoms with E-state index in [4.69, 9.17) is 4.74 Å². The molecular formula is C27H21BrN4O3S. The van der Waals surface area contributed by atoms with Crippen molar-refractivity contribution in [2.24, 2.45) is 0 Å². The lowest BCUT2D eigenvalue weighted by atomic mass is 10.0. The summed E-state index contributed by atoms with van der Waals surface area (Å²) in [5, 5.41) is 8.88. The number of hydrogen-bond donors (Lipinski definition) is 3. The molecule has 3 aromatic carbocycles. The maximum Gasteiger partial charge on any atom is 0.413 e. The lowest BCUT2D eigenvalue weighted by Crippen LogP contribution is -2.46. The van der Waals surface area contributed by atoms with Crippen LogP contribution < -0.4 is 15.4 Å². The summed E-state index contributed by atoms with van der Waals surface area (Å²) in [5.41, 5.74) is 3.56. The van der Waals surface area contributed by atoms with Crippen LogP contribution in [-0.2, 0) is 11.2 Å². The number of amides is 2. The number of ether oxygens (including phenoxy) is 1. The second kappa shape index (κ2) is 10.8. The van der Waals surface area contributed by atoms with Crippen LogP contribution in [0.25, 0.3) is 22.2 Å². The predicted octanol–water partition coefficient (Wildman–Crippen LogP) is 6.39. The van der Waals surface area contributed by atoms with Crippen molar-refractivity contribution in [2.75, 3.05) is 5.32 Å². The first-order valence-corrected chi connectivity index (χ1v) is 12.8. The summed E-state index contributed by atoms with van der Waals surface area (Å²) in [6.07, 6.45) is 1.41. The average Bonchev–Trinajstić information content (AvgIpc) is 3.52. The maximum absolute atomic E-state index is 13.3. The van der Waals surface area contributed by atoms with E-state index in [0.717, 1.165) is 32.2 Å². The maximum atomic E-state index is 13.3. The van der Waals surface area contributed by atoms with Gasteiger partial charge in [-0.15, -0.1) is 11.3 Å². The van der Waals surface area contributed by atoms with Crippen molar-refractivity contribution >= 4 is 55.3 Å². The van der Waals surface area contributed by atoms with Crippen LogP contribution in [-0.4, -0.2) is 28.0 Å². The molecule has 2 aromatic heterocycles. The molecule has 1 atom stereocenters. The number of thiazole rings is 1. The number of nitrogens with one attached hydrogen (secondary N) is 3. The fourth-order valence-electron chi connectivity index (χ4n) is 3.77. The van der Waals surface area contributed by atoms with Gasteiger partial charge in [-0.3, -0.25) is 4.79 Å². The van der Waals surface area contributed by atoms with Crippen molar-refractivity contribution < 1.29 is 14.3 Å². The van der Waals surface area contributed by atoms with E-state index in [2.05, 4.69) is 36.5 Å². The van der Waals surface area contributed by atoms with E-state index in [1.807, 2.05) is 66.2 Å². The number of hydrogen-bond acceptors (Lipinski definition) is 5. The van der Waals surface area contributed by atoms with Crippen molar-refractivity contribution in [2.45, 2.75) is 12.5 Å². The molecule has 0 saturated carbocycles. The minimum Gasteiger partial charge on any atom is -0.410 e. The molecule has 0 aliphatic heterocycles. The molecule has 0 spiro atoms.